The minimum Gasteiger partial charge on any atom is -0.492 e. The number of esters is 1. The van der Waals surface area contributed by atoms with E-state index in [9.17, 15) is 14.4 Å². The Labute approximate surface area is 208 Å². The van der Waals surface area contributed by atoms with Gasteiger partial charge in [0.15, 0.2) is 5.69 Å². The summed E-state index contributed by atoms with van der Waals surface area (Å²) in [6.45, 7) is 3.20. The number of ether oxygens (including phenoxy) is 2. The number of hydrogen-bond donors (Lipinski definition) is 0. The van der Waals surface area contributed by atoms with Crippen molar-refractivity contribution in [3.8, 4) is 5.75 Å². The molecule has 0 saturated carbocycles. The van der Waals surface area contributed by atoms with Crippen molar-refractivity contribution < 1.29 is 23.6 Å². The van der Waals surface area contributed by atoms with Crippen LogP contribution in [0.5, 0.6) is 5.75 Å². The summed E-state index contributed by atoms with van der Waals surface area (Å²) in [5, 5.41) is 3.91. The highest BCUT2D eigenvalue weighted by Crippen LogP contribution is 2.25. The normalized spacial score (nSPS) is 13.1. The largest absolute Gasteiger partial charge is 0.492 e. The Morgan fingerprint density at radius 1 is 1.11 bits per heavy atom. The van der Waals surface area contributed by atoms with Crippen LogP contribution in [0.2, 0.25) is 0 Å². The molecule has 0 aliphatic carbocycles. The zero-order valence-electron chi connectivity index (χ0n) is 20.6. The SMILES string of the molecule is CCCc1cc(C(=O)N2CCc3c(C(=O)OC)c(OCCCc4ccncc4)cc(=O)n3CC2)no1. The molecule has 36 heavy (non-hydrogen) atoms. The summed E-state index contributed by atoms with van der Waals surface area (Å²) < 4.78 is 17.7. The van der Waals surface area contributed by atoms with Gasteiger partial charge in [0.05, 0.1) is 13.7 Å². The number of carbonyl (C=O) groups excluding carboxylic acids is 2. The van der Waals surface area contributed by atoms with Gasteiger partial charge in [-0.2, -0.15) is 0 Å². The second kappa shape index (κ2) is 11.7. The third-order valence-electron chi connectivity index (χ3n) is 6.16. The highest BCUT2D eigenvalue weighted by Gasteiger charge is 2.28. The van der Waals surface area contributed by atoms with Crippen molar-refractivity contribution in [3.63, 3.8) is 0 Å². The zero-order valence-corrected chi connectivity index (χ0v) is 20.6. The van der Waals surface area contributed by atoms with Gasteiger partial charge in [0.1, 0.15) is 17.1 Å². The Morgan fingerprint density at radius 3 is 2.67 bits per heavy atom. The summed E-state index contributed by atoms with van der Waals surface area (Å²) in [5.41, 5.74) is 1.80. The van der Waals surface area contributed by atoms with Crippen molar-refractivity contribution in [2.45, 2.75) is 45.6 Å². The molecule has 1 amide bonds. The van der Waals surface area contributed by atoms with E-state index in [-0.39, 0.29) is 35.0 Å². The molecule has 0 spiro atoms. The van der Waals surface area contributed by atoms with Crippen molar-refractivity contribution in [1.82, 2.24) is 19.6 Å². The van der Waals surface area contributed by atoms with E-state index in [1.807, 2.05) is 19.1 Å². The van der Waals surface area contributed by atoms with Crippen LogP contribution in [0.3, 0.4) is 0 Å². The first-order valence-corrected chi connectivity index (χ1v) is 12.1. The smallest absolute Gasteiger partial charge is 0.343 e. The summed E-state index contributed by atoms with van der Waals surface area (Å²) in [6, 6.07) is 6.86. The fraction of sp³-hybridized carbons (Fsp3) is 0.423. The maximum Gasteiger partial charge on any atom is 0.343 e. The summed E-state index contributed by atoms with van der Waals surface area (Å²) >= 11 is 0. The van der Waals surface area contributed by atoms with Crippen molar-refractivity contribution in [2.75, 3.05) is 26.8 Å². The lowest BCUT2D eigenvalue weighted by atomic mass is 10.1. The Hall–Kier alpha value is -3.95. The van der Waals surface area contributed by atoms with Gasteiger partial charge in [-0.05, 0) is 37.0 Å². The third-order valence-corrected chi connectivity index (χ3v) is 6.16. The fourth-order valence-electron chi connectivity index (χ4n) is 4.34. The molecule has 0 fully saturated rings. The summed E-state index contributed by atoms with van der Waals surface area (Å²) in [6.07, 6.45) is 6.82. The molecule has 0 radical (unpaired) electrons. The van der Waals surface area contributed by atoms with Crippen LogP contribution in [0.15, 0.2) is 46.0 Å². The quantitative estimate of drug-likeness (QED) is 0.329. The molecule has 0 N–H and O–H groups in total. The predicted octanol–water partition coefficient (Wildman–Crippen LogP) is 2.68. The standard InChI is InChI=1S/C26H30N4O6/c1-3-5-19-16-20(28-36-19)25(32)29-12-9-21-24(26(33)34-2)22(17-23(31)30(21)14-13-29)35-15-4-6-18-7-10-27-11-8-18/h7-8,10-11,16-17H,3-6,9,12-15H2,1-2H3. The fourth-order valence-corrected chi connectivity index (χ4v) is 4.34. The molecule has 0 aromatic carbocycles. The third kappa shape index (κ3) is 5.64. The van der Waals surface area contributed by atoms with Crippen LogP contribution in [0, 0.1) is 0 Å². The maximum atomic E-state index is 13.0. The van der Waals surface area contributed by atoms with E-state index in [4.69, 9.17) is 14.0 Å². The van der Waals surface area contributed by atoms with Crippen LogP contribution in [-0.2, 0) is 30.5 Å². The van der Waals surface area contributed by atoms with E-state index in [0.29, 0.717) is 50.4 Å². The van der Waals surface area contributed by atoms with Crippen LogP contribution in [-0.4, -0.2) is 58.3 Å². The lowest BCUT2D eigenvalue weighted by molar-refractivity contribution is 0.0593. The van der Waals surface area contributed by atoms with Crippen LogP contribution in [0.25, 0.3) is 0 Å². The summed E-state index contributed by atoms with van der Waals surface area (Å²) in [5.74, 6) is 0.0136. The van der Waals surface area contributed by atoms with Gasteiger partial charge in [0.25, 0.3) is 11.5 Å². The van der Waals surface area contributed by atoms with Gasteiger partial charge in [-0.1, -0.05) is 12.1 Å². The highest BCUT2D eigenvalue weighted by atomic mass is 16.5. The molecule has 1 aliphatic rings. The van der Waals surface area contributed by atoms with Gasteiger partial charge >= 0.3 is 5.97 Å². The lowest BCUT2D eigenvalue weighted by Crippen LogP contribution is -2.34. The number of fused-ring (bicyclic) bond motifs is 1. The molecule has 1 aliphatic heterocycles. The number of aryl methyl sites for hydroxylation is 2. The average molecular weight is 495 g/mol. The Kier molecular flexibility index (Phi) is 8.14. The molecule has 0 saturated heterocycles. The van der Waals surface area contributed by atoms with Crippen molar-refractivity contribution in [1.29, 1.82) is 0 Å². The topological polar surface area (TPSA) is 117 Å². The molecule has 0 bridgehead atoms. The molecular weight excluding hydrogens is 464 g/mol. The first kappa shape index (κ1) is 25.2. The monoisotopic (exact) mass is 494 g/mol. The second-order valence-electron chi connectivity index (χ2n) is 8.59. The first-order chi connectivity index (χ1) is 17.5. The molecular formula is C26H30N4O6. The van der Waals surface area contributed by atoms with Crippen molar-refractivity contribution in [2.24, 2.45) is 0 Å². The average Bonchev–Trinajstić information content (AvgIpc) is 3.24. The number of rotatable bonds is 9. The number of methoxy groups -OCH3 is 1. The zero-order chi connectivity index (χ0) is 25.5. The summed E-state index contributed by atoms with van der Waals surface area (Å²) in [7, 11) is 1.29. The number of amides is 1. The number of nitrogens with zero attached hydrogens (tertiary/aromatic N) is 4. The lowest BCUT2D eigenvalue weighted by Gasteiger charge is -2.18. The van der Waals surface area contributed by atoms with Crippen LogP contribution in [0.1, 0.15) is 57.6 Å². The molecule has 3 aromatic rings. The molecule has 4 rings (SSSR count). The molecule has 10 heteroatoms. The van der Waals surface area contributed by atoms with Gasteiger partial charge in [-0.25, -0.2) is 4.79 Å². The maximum absolute atomic E-state index is 13.0. The van der Waals surface area contributed by atoms with Crippen LogP contribution >= 0.6 is 0 Å². The van der Waals surface area contributed by atoms with Crippen molar-refractivity contribution >= 4 is 11.9 Å². The van der Waals surface area contributed by atoms with E-state index < -0.39 is 5.97 Å². The number of pyridine rings is 2. The van der Waals surface area contributed by atoms with Crippen LogP contribution < -0.4 is 10.3 Å². The Morgan fingerprint density at radius 2 is 1.92 bits per heavy atom. The minimum absolute atomic E-state index is 0.202. The molecule has 3 aromatic heterocycles. The molecule has 190 valence electrons. The number of hydrogen-bond acceptors (Lipinski definition) is 8. The highest BCUT2D eigenvalue weighted by molar-refractivity contribution is 5.94. The van der Waals surface area contributed by atoms with Gasteiger partial charge in [-0.3, -0.25) is 14.6 Å². The Bertz CT molecular complexity index is 1270. The van der Waals surface area contributed by atoms with E-state index >= 15 is 0 Å². The molecule has 0 atom stereocenters. The van der Waals surface area contributed by atoms with E-state index in [1.54, 1.807) is 23.4 Å². The molecule has 10 nitrogen and oxygen atoms in total. The number of carbonyl (C=O) groups is 2. The molecule has 0 unspecified atom stereocenters. The summed E-state index contributed by atoms with van der Waals surface area (Å²) in [4.78, 5) is 44.4. The second-order valence-corrected chi connectivity index (χ2v) is 8.59. The van der Waals surface area contributed by atoms with Crippen molar-refractivity contribution in [3.05, 3.63) is 75.3 Å². The Balaban J connectivity index is 1.51. The minimum atomic E-state index is -0.580. The van der Waals surface area contributed by atoms with Crippen LogP contribution in [0.4, 0.5) is 0 Å². The van der Waals surface area contributed by atoms with E-state index in [0.717, 1.165) is 18.4 Å². The van der Waals surface area contributed by atoms with E-state index in [1.165, 1.54) is 17.7 Å². The van der Waals surface area contributed by atoms with E-state index in [2.05, 4.69) is 10.1 Å². The first-order valence-electron chi connectivity index (χ1n) is 12.1. The number of aromatic nitrogens is 3. The van der Waals surface area contributed by atoms with Gasteiger partial charge in [0, 0.05) is 62.7 Å². The molecule has 4 heterocycles. The van der Waals surface area contributed by atoms with Gasteiger partial charge < -0.3 is 23.5 Å². The van der Waals surface area contributed by atoms with Gasteiger partial charge in [0.2, 0.25) is 0 Å². The van der Waals surface area contributed by atoms with Gasteiger partial charge in [-0.15, -0.1) is 0 Å². The predicted molar refractivity (Wildman–Crippen MR) is 130 cm³/mol.